The molecule has 2 saturated heterocycles. The van der Waals surface area contributed by atoms with Crippen LogP contribution in [0.2, 0.25) is 0 Å². The lowest BCUT2D eigenvalue weighted by atomic mass is 9.51. The molecule has 7 heteroatoms. The van der Waals surface area contributed by atoms with Gasteiger partial charge in [0.2, 0.25) is 0 Å². The first-order valence-corrected chi connectivity index (χ1v) is 13.6. The summed E-state index contributed by atoms with van der Waals surface area (Å²) in [5.41, 5.74) is -4.63. The number of ether oxygens (including phenoxy) is 1. The van der Waals surface area contributed by atoms with E-state index in [0.29, 0.717) is 25.7 Å². The van der Waals surface area contributed by atoms with Gasteiger partial charge >= 0.3 is 0 Å². The summed E-state index contributed by atoms with van der Waals surface area (Å²) in [7, 11) is 3.64. The summed E-state index contributed by atoms with van der Waals surface area (Å²) in [6.07, 6.45) is 4.98. The minimum Gasteiger partial charge on any atom is -0.389 e. The summed E-state index contributed by atoms with van der Waals surface area (Å²) >= 11 is 0. The second-order valence-corrected chi connectivity index (χ2v) is 12.9. The minimum atomic E-state index is -2.32. The number of aliphatic hydroxyl groups excluding tert-OH is 2. The SMILES string of the molecule is CN(C)C1CC23CCC4(O2)C2CC=C(c5cccc6ccncc56)C2(C)CCC4(F)CC3(F)C(O)C1O. The molecule has 9 atom stereocenters. The van der Waals surface area contributed by atoms with Crippen LogP contribution in [0.5, 0.6) is 0 Å². The third-order valence-corrected chi connectivity index (χ3v) is 11.2. The summed E-state index contributed by atoms with van der Waals surface area (Å²) in [4.78, 5) is 6.19. The maximum absolute atomic E-state index is 17.3. The van der Waals surface area contributed by atoms with E-state index in [9.17, 15) is 10.2 Å². The smallest absolute Gasteiger partial charge is 0.171 e. The van der Waals surface area contributed by atoms with Crippen LogP contribution in [0.4, 0.5) is 8.78 Å². The summed E-state index contributed by atoms with van der Waals surface area (Å²) in [6, 6.07) is 7.82. The fourth-order valence-corrected chi connectivity index (χ4v) is 9.29. The molecule has 2 spiro atoms. The van der Waals surface area contributed by atoms with Gasteiger partial charge in [-0.1, -0.05) is 31.2 Å². The molecule has 3 aliphatic carbocycles. The molecule has 37 heavy (non-hydrogen) atoms. The molecule has 2 bridgehead atoms. The minimum absolute atomic E-state index is 0.133. The van der Waals surface area contributed by atoms with Gasteiger partial charge in [-0.05, 0) is 80.6 Å². The van der Waals surface area contributed by atoms with Gasteiger partial charge in [0.1, 0.15) is 23.0 Å². The van der Waals surface area contributed by atoms with Crippen molar-refractivity contribution in [1.29, 1.82) is 0 Å². The first-order chi connectivity index (χ1) is 17.5. The first kappa shape index (κ1) is 24.1. The van der Waals surface area contributed by atoms with Crippen molar-refractivity contribution in [2.24, 2.45) is 11.3 Å². The highest BCUT2D eigenvalue weighted by Crippen LogP contribution is 2.74. The summed E-state index contributed by atoms with van der Waals surface area (Å²) in [5, 5.41) is 24.1. The molecule has 3 heterocycles. The van der Waals surface area contributed by atoms with Crippen molar-refractivity contribution in [2.45, 2.75) is 92.7 Å². The van der Waals surface area contributed by atoms with Crippen LogP contribution >= 0.6 is 0 Å². The molecule has 5 aliphatic rings. The predicted octanol–water partition coefficient (Wildman–Crippen LogP) is 4.60. The molecule has 7 rings (SSSR count). The molecule has 2 aliphatic heterocycles. The molecule has 1 aromatic carbocycles. The zero-order valence-corrected chi connectivity index (χ0v) is 21.8. The second-order valence-electron chi connectivity index (χ2n) is 12.9. The quantitative estimate of drug-likeness (QED) is 0.618. The number of nitrogens with zero attached hydrogens (tertiary/aromatic N) is 2. The average molecular weight is 511 g/mol. The van der Waals surface area contributed by atoms with Gasteiger partial charge in [0.25, 0.3) is 0 Å². The van der Waals surface area contributed by atoms with Crippen LogP contribution in [-0.2, 0) is 4.74 Å². The molecule has 5 nitrogen and oxygen atoms in total. The van der Waals surface area contributed by atoms with Crippen LogP contribution in [-0.4, -0.2) is 75.0 Å². The molecule has 0 radical (unpaired) electrons. The van der Waals surface area contributed by atoms with E-state index in [2.05, 4.69) is 36.2 Å². The maximum atomic E-state index is 17.3. The van der Waals surface area contributed by atoms with Gasteiger partial charge in [0.05, 0.1) is 6.10 Å². The van der Waals surface area contributed by atoms with E-state index in [1.54, 1.807) is 6.20 Å². The molecule has 4 fully saturated rings. The Morgan fingerprint density at radius 2 is 1.89 bits per heavy atom. The van der Waals surface area contributed by atoms with Crippen molar-refractivity contribution in [2.75, 3.05) is 14.1 Å². The monoisotopic (exact) mass is 510 g/mol. The topological polar surface area (TPSA) is 65.8 Å². The largest absolute Gasteiger partial charge is 0.389 e. The Bertz CT molecular complexity index is 1310. The Kier molecular flexibility index (Phi) is 4.81. The number of aromatic nitrogens is 1. The number of likely N-dealkylation sites (N-methyl/N-ethyl adjacent to an activating group) is 1. The lowest BCUT2D eigenvalue weighted by Gasteiger charge is -2.65. The Morgan fingerprint density at radius 1 is 1.08 bits per heavy atom. The third-order valence-electron chi connectivity index (χ3n) is 11.2. The molecule has 1 aromatic heterocycles. The van der Waals surface area contributed by atoms with Crippen molar-refractivity contribution in [3.05, 3.63) is 48.3 Å². The Hall–Kier alpha value is -1.93. The van der Waals surface area contributed by atoms with E-state index in [1.165, 1.54) is 5.57 Å². The molecule has 198 valence electrons. The number of benzene rings is 1. The molecular formula is C30H36F2N2O3. The normalized spacial score (nSPS) is 48.5. The lowest BCUT2D eigenvalue weighted by Crippen LogP contribution is -2.78. The number of hydrogen-bond donors (Lipinski definition) is 2. The number of allylic oxidation sites excluding steroid dienone is 2. The second kappa shape index (κ2) is 7.38. The van der Waals surface area contributed by atoms with Crippen LogP contribution in [0.3, 0.4) is 0 Å². The number of hydrogen-bond acceptors (Lipinski definition) is 5. The molecule has 2 aromatic rings. The lowest BCUT2D eigenvalue weighted by molar-refractivity contribution is -0.347. The van der Waals surface area contributed by atoms with Crippen molar-refractivity contribution in [3.8, 4) is 0 Å². The van der Waals surface area contributed by atoms with E-state index < -0.39 is 47.2 Å². The highest BCUT2D eigenvalue weighted by Gasteiger charge is 2.82. The van der Waals surface area contributed by atoms with Crippen LogP contribution in [0, 0.1) is 11.3 Å². The Morgan fingerprint density at radius 3 is 2.68 bits per heavy atom. The molecule has 2 N–H and O–H groups in total. The average Bonchev–Trinajstić information content (AvgIpc) is 3.42. The van der Waals surface area contributed by atoms with Crippen LogP contribution in [0.15, 0.2) is 42.7 Å². The summed E-state index contributed by atoms with van der Waals surface area (Å²) in [6.45, 7) is 2.23. The van der Waals surface area contributed by atoms with E-state index in [-0.39, 0.29) is 24.2 Å². The fraction of sp³-hybridized carbons (Fsp3) is 0.633. The van der Waals surface area contributed by atoms with Gasteiger partial charge in [-0.25, -0.2) is 8.78 Å². The molecule has 2 saturated carbocycles. The fourth-order valence-electron chi connectivity index (χ4n) is 9.29. The zero-order chi connectivity index (χ0) is 26.0. The van der Waals surface area contributed by atoms with Crippen LogP contribution in [0.1, 0.15) is 57.4 Å². The zero-order valence-electron chi connectivity index (χ0n) is 21.8. The highest BCUT2D eigenvalue weighted by atomic mass is 19.2. The number of alkyl halides is 2. The van der Waals surface area contributed by atoms with E-state index >= 15 is 8.78 Å². The van der Waals surface area contributed by atoms with Crippen molar-refractivity contribution < 1.29 is 23.7 Å². The molecule has 0 amide bonds. The maximum Gasteiger partial charge on any atom is 0.171 e. The Labute approximate surface area is 216 Å². The first-order valence-electron chi connectivity index (χ1n) is 13.6. The molecular weight excluding hydrogens is 474 g/mol. The number of aliphatic hydroxyl groups is 2. The van der Waals surface area contributed by atoms with Crippen LogP contribution < -0.4 is 0 Å². The number of fused-ring (bicyclic) bond motifs is 2. The van der Waals surface area contributed by atoms with Gasteiger partial charge in [-0.15, -0.1) is 0 Å². The number of rotatable bonds is 2. The standard InChI is InChI=1S/C30H36F2N2O3/c1-26-10-11-27(31)17-29(32)25(36)24(35)22(34(2)3)15-28(29)12-13-30(27,37-28)23(26)8-7-21(26)19-6-4-5-18-9-14-33-16-20(18)19/h4-7,9,14,16,22-25,35-36H,8,10-13,15,17H2,1-3H3. The van der Waals surface area contributed by atoms with Crippen molar-refractivity contribution >= 4 is 16.3 Å². The summed E-state index contributed by atoms with van der Waals surface area (Å²) in [5.74, 6) is -0.133. The predicted molar refractivity (Wildman–Crippen MR) is 137 cm³/mol. The van der Waals surface area contributed by atoms with E-state index in [4.69, 9.17) is 4.74 Å². The van der Waals surface area contributed by atoms with Gasteiger partial charge in [0, 0.05) is 36.2 Å². The van der Waals surface area contributed by atoms with Gasteiger partial charge < -0.3 is 19.8 Å². The van der Waals surface area contributed by atoms with Gasteiger partial charge in [0.15, 0.2) is 5.67 Å². The Balaban J connectivity index is 1.32. The van der Waals surface area contributed by atoms with Crippen molar-refractivity contribution in [3.63, 3.8) is 0 Å². The molecule has 9 unspecified atom stereocenters. The van der Waals surface area contributed by atoms with E-state index in [0.717, 1.165) is 16.3 Å². The van der Waals surface area contributed by atoms with Gasteiger partial charge in [-0.3, -0.25) is 4.98 Å². The summed E-state index contributed by atoms with van der Waals surface area (Å²) < 4.78 is 41.0. The van der Waals surface area contributed by atoms with Gasteiger partial charge in [-0.2, -0.15) is 0 Å². The van der Waals surface area contributed by atoms with E-state index in [1.807, 2.05) is 31.3 Å². The third kappa shape index (κ3) is 2.74. The number of pyridine rings is 1. The number of halogens is 2. The van der Waals surface area contributed by atoms with Crippen LogP contribution in [0.25, 0.3) is 16.3 Å². The highest BCUT2D eigenvalue weighted by molar-refractivity contribution is 5.95. The van der Waals surface area contributed by atoms with Crippen molar-refractivity contribution in [1.82, 2.24) is 9.88 Å².